The van der Waals surface area contributed by atoms with Gasteiger partial charge in [-0.05, 0) is 31.5 Å². The minimum Gasteiger partial charge on any atom is -0.462 e. The van der Waals surface area contributed by atoms with Crippen LogP contribution in [0, 0.1) is 6.92 Å². The van der Waals surface area contributed by atoms with E-state index in [0.717, 1.165) is 10.9 Å². The number of benzene rings is 1. The van der Waals surface area contributed by atoms with Crippen LogP contribution < -0.4 is 10.4 Å². The van der Waals surface area contributed by atoms with Crippen molar-refractivity contribution >= 4 is 11.0 Å². The van der Waals surface area contributed by atoms with Crippen LogP contribution in [0.15, 0.2) is 33.5 Å². The van der Waals surface area contributed by atoms with Crippen LogP contribution in [0.5, 0.6) is 5.75 Å². The smallest absolute Gasteiger partial charge is 0.336 e. The summed E-state index contributed by atoms with van der Waals surface area (Å²) < 4.78 is 16.0. The molecule has 3 rings (SSSR count). The second kappa shape index (κ2) is 5.93. The molecule has 0 amide bonds. The Labute approximate surface area is 131 Å². The summed E-state index contributed by atoms with van der Waals surface area (Å²) in [7, 11) is 0. The van der Waals surface area contributed by atoms with E-state index in [1.54, 1.807) is 26.0 Å². The van der Waals surface area contributed by atoms with E-state index >= 15 is 0 Å². The van der Waals surface area contributed by atoms with Gasteiger partial charge in [-0.15, -0.1) is 0 Å². The van der Waals surface area contributed by atoms with Crippen molar-refractivity contribution in [2.24, 2.45) is 0 Å². The fraction of sp³-hybridized carbons (Fsp3) is 0.438. The van der Waals surface area contributed by atoms with Gasteiger partial charge < -0.3 is 29.2 Å². The first-order valence-electron chi connectivity index (χ1n) is 7.27. The molecule has 0 aliphatic carbocycles. The van der Waals surface area contributed by atoms with Crippen molar-refractivity contribution in [1.82, 2.24) is 0 Å². The summed E-state index contributed by atoms with van der Waals surface area (Å²) in [5, 5.41) is 30.2. The van der Waals surface area contributed by atoms with Gasteiger partial charge in [0.2, 0.25) is 6.29 Å². The van der Waals surface area contributed by atoms with E-state index in [2.05, 4.69) is 0 Å². The van der Waals surface area contributed by atoms with E-state index in [0.29, 0.717) is 11.3 Å². The molecule has 124 valence electrons. The number of aryl methyl sites for hydroxylation is 1. The number of ether oxygens (including phenoxy) is 2. The molecule has 0 saturated carbocycles. The zero-order chi connectivity index (χ0) is 16.7. The molecule has 1 aliphatic rings. The molecule has 7 heteroatoms. The SMILES string of the molecule is Cc1cc(=O)oc2cc(O[C@@H]3O[C@H](C)[C@@H](O)[C@H](O)[C@H]3O)ccc12. The van der Waals surface area contributed by atoms with Crippen molar-refractivity contribution in [3.63, 3.8) is 0 Å². The lowest BCUT2D eigenvalue weighted by atomic mass is 10.00. The lowest BCUT2D eigenvalue weighted by molar-refractivity contribution is -0.268. The molecule has 1 saturated heterocycles. The third-order valence-corrected chi connectivity index (χ3v) is 3.98. The van der Waals surface area contributed by atoms with Crippen LogP contribution in [0.25, 0.3) is 11.0 Å². The van der Waals surface area contributed by atoms with Crippen molar-refractivity contribution in [3.8, 4) is 5.75 Å². The highest BCUT2D eigenvalue weighted by molar-refractivity contribution is 5.81. The predicted octanol–water partition coefficient (Wildman–Crippen LogP) is 0.308. The molecule has 5 atom stereocenters. The predicted molar refractivity (Wildman–Crippen MR) is 80.2 cm³/mol. The summed E-state index contributed by atoms with van der Waals surface area (Å²) >= 11 is 0. The molecular formula is C16H18O7. The second-order valence-electron chi connectivity index (χ2n) is 5.71. The summed E-state index contributed by atoms with van der Waals surface area (Å²) in [6, 6.07) is 6.29. The molecule has 0 spiro atoms. The first-order chi connectivity index (χ1) is 10.9. The monoisotopic (exact) mass is 322 g/mol. The molecule has 0 bridgehead atoms. The number of rotatable bonds is 2. The van der Waals surface area contributed by atoms with Crippen molar-refractivity contribution in [1.29, 1.82) is 0 Å². The van der Waals surface area contributed by atoms with E-state index in [1.165, 1.54) is 12.1 Å². The highest BCUT2D eigenvalue weighted by Crippen LogP contribution is 2.27. The van der Waals surface area contributed by atoms with E-state index in [1.807, 2.05) is 0 Å². The molecule has 7 nitrogen and oxygen atoms in total. The van der Waals surface area contributed by atoms with Crippen LogP contribution in [0.1, 0.15) is 12.5 Å². The van der Waals surface area contributed by atoms with Crippen molar-refractivity contribution in [2.45, 2.75) is 44.6 Å². The number of aliphatic hydroxyl groups excluding tert-OH is 3. The van der Waals surface area contributed by atoms with E-state index in [9.17, 15) is 20.1 Å². The second-order valence-corrected chi connectivity index (χ2v) is 5.71. The normalized spacial score (nSPS) is 31.3. The zero-order valence-corrected chi connectivity index (χ0v) is 12.7. The highest BCUT2D eigenvalue weighted by Gasteiger charge is 2.43. The molecule has 0 radical (unpaired) electrons. The first kappa shape index (κ1) is 15.9. The molecule has 23 heavy (non-hydrogen) atoms. The van der Waals surface area contributed by atoms with Crippen LogP contribution in [-0.4, -0.2) is 46.0 Å². The molecule has 1 aromatic heterocycles. The number of aliphatic hydroxyl groups is 3. The number of hydrogen-bond acceptors (Lipinski definition) is 7. The maximum atomic E-state index is 11.4. The Morgan fingerprint density at radius 1 is 1.09 bits per heavy atom. The highest BCUT2D eigenvalue weighted by atomic mass is 16.7. The minimum atomic E-state index is -1.40. The van der Waals surface area contributed by atoms with Crippen LogP contribution in [0.2, 0.25) is 0 Å². The Hall–Kier alpha value is -1.93. The molecule has 2 aromatic rings. The number of fused-ring (bicyclic) bond motifs is 1. The van der Waals surface area contributed by atoms with Crippen LogP contribution in [-0.2, 0) is 4.74 Å². The first-order valence-corrected chi connectivity index (χ1v) is 7.27. The van der Waals surface area contributed by atoms with E-state index in [4.69, 9.17) is 13.9 Å². The van der Waals surface area contributed by atoms with E-state index < -0.39 is 36.3 Å². The van der Waals surface area contributed by atoms with Crippen molar-refractivity contribution < 1.29 is 29.2 Å². The summed E-state index contributed by atoms with van der Waals surface area (Å²) in [6.45, 7) is 3.37. The van der Waals surface area contributed by atoms with Gasteiger partial charge in [-0.25, -0.2) is 4.79 Å². The van der Waals surface area contributed by atoms with Gasteiger partial charge >= 0.3 is 5.63 Å². The fourth-order valence-electron chi connectivity index (χ4n) is 2.62. The largest absolute Gasteiger partial charge is 0.462 e. The van der Waals surface area contributed by atoms with Gasteiger partial charge in [0.25, 0.3) is 0 Å². The summed E-state index contributed by atoms with van der Waals surface area (Å²) in [6.07, 6.45) is -5.80. The maximum absolute atomic E-state index is 11.4. The Bertz CT molecular complexity index is 769. The van der Waals surface area contributed by atoms with Crippen LogP contribution >= 0.6 is 0 Å². The average molecular weight is 322 g/mol. The minimum absolute atomic E-state index is 0.311. The van der Waals surface area contributed by atoms with Gasteiger partial charge in [0.05, 0.1) is 6.10 Å². The quantitative estimate of drug-likeness (QED) is 0.683. The number of hydrogen-bond donors (Lipinski definition) is 3. The summed E-state index contributed by atoms with van der Waals surface area (Å²) in [5.74, 6) is 0.311. The Morgan fingerprint density at radius 2 is 1.83 bits per heavy atom. The Morgan fingerprint density at radius 3 is 2.57 bits per heavy atom. The van der Waals surface area contributed by atoms with Gasteiger partial charge in [-0.1, -0.05) is 0 Å². The summed E-state index contributed by atoms with van der Waals surface area (Å²) in [5.41, 5.74) is 0.670. The molecule has 0 unspecified atom stereocenters. The topological polar surface area (TPSA) is 109 Å². The van der Waals surface area contributed by atoms with Crippen molar-refractivity contribution in [2.75, 3.05) is 0 Å². The Balaban J connectivity index is 1.88. The zero-order valence-electron chi connectivity index (χ0n) is 12.7. The van der Waals surface area contributed by atoms with Crippen LogP contribution in [0.3, 0.4) is 0 Å². The third kappa shape index (κ3) is 2.96. The van der Waals surface area contributed by atoms with Gasteiger partial charge in [0.1, 0.15) is 29.6 Å². The lowest BCUT2D eigenvalue weighted by Crippen LogP contribution is -2.58. The van der Waals surface area contributed by atoms with Gasteiger partial charge in [-0.2, -0.15) is 0 Å². The maximum Gasteiger partial charge on any atom is 0.336 e. The standard InChI is InChI=1S/C16H18O7/c1-7-5-12(17)23-11-6-9(3-4-10(7)11)22-16-15(20)14(19)13(18)8(2)21-16/h3-6,8,13-16,18-20H,1-2H3/t8-,13-,14+,15-,16+/m1/s1. The molecule has 1 aliphatic heterocycles. The summed E-state index contributed by atoms with van der Waals surface area (Å²) in [4.78, 5) is 11.4. The lowest BCUT2D eigenvalue weighted by Gasteiger charge is -2.38. The molecule has 1 fully saturated rings. The third-order valence-electron chi connectivity index (χ3n) is 3.98. The van der Waals surface area contributed by atoms with Crippen molar-refractivity contribution in [3.05, 3.63) is 40.2 Å². The van der Waals surface area contributed by atoms with E-state index in [-0.39, 0.29) is 0 Å². The van der Waals surface area contributed by atoms with Gasteiger partial charge in [0, 0.05) is 17.5 Å². The average Bonchev–Trinajstić information content (AvgIpc) is 2.50. The van der Waals surface area contributed by atoms with Gasteiger partial charge in [-0.3, -0.25) is 0 Å². The van der Waals surface area contributed by atoms with Gasteiger partial charge in [0.15, 0.2) is 0 Å². The molecule has 1 aromatic carbocycles. The molecular weight excluding hydrogens is 304 g/mol. The van der Waals surface area contributed by atoms with Crippen LogP contribution in [0.4, 0.5) is 0 Å². The molecule has 2 heterocycles. The fourth-order valence-corrected chi connectivity index (χ4v) is 2.62. The Kier molecular flexibility index (Phi) is 4.11. The molecule has 3 N–H and O–H groups in total.